The zero-order chi connectivity index (χ0) is 21.2. The highest BCUT2D eigenvalue weighted by atomic mass is 16.6. The van der Waals surface area contributed by atoms with Crippen LogP contribution in [0.1, 0.15) is 56.9 Å². The molecule has 2 aromatic rings. The largest absolute Gasteiger partial charge is 0.489 e. The van der Waals surface area contributed by atoms with Gasteiger partial charge < -0.3 is 19.5 Å². The monoisotopic (exact) mass is 397 g/mol. The van der Waals surface area contributed by atoms with Crippen molar-refractivity contribution in [2.45, 2.75) is 65.4 Å². The Morgan fingerprint density at radius 2 is 1.79 bits per heavy atom. The van der Waals surface area contributed by atoms with Crippen molar-refractivity contribution in [1.29, 1.82) is 0 Å². The third-order valence-corrected chi connectivity index (χ3v) is 4.90. The van der Waals surface area contributed by atoms with Gasteiger partial charge in [-0.2, -0.15) is 0 Å². The number of fused-ring (bicyclic) bond motifs is 1. The van der Waals surface area contributed by atoms with Gasteiger partial charge >= 0.3 is 6.09 Å². The van der Waals surface area contributed by atoms with Crippen LogP contribution in [0.3, 0.4) is 0 Å². The highest BCUT2D eigenvalue weighted by Crippen LogP contribution is 2.34. The van der Waals surface area contributed by atoms with Crippen molar-refractivity contribution in [1.82, 2.24) is 4.90 Å². The molecule has 1 heterocycles. The number of amides is 1. The standard InChI is InChI=1S/C24H31NO4/c1-23(2,3)29-22(26)25-12-11-18-13-19(24(4,5)27)14-21(20(18)15-25)28-16-17-9-7-6-8-10-17/h6-10,13-14,27H,11-12,15-16H2,1-5H3. The van der Waals surface area contributed by atoms with Gasteiger partial charge in [-0.15, -0.1) is 0 Å². The summed E-state index contributed by atoms with van der Waals surface area (Å²) in [5.41, 5.74) is 2.45. The van der Waals surface area contributed by atoms with E-state index in [4.69, 9.17) is 9.47 Å². The number of aliphatic hydroxyl groups is 1. The normalized spacial score (nSPS) is 14.3. The molecule has 0 unspecified atom stereocenters. The van der Waals surface area contributed by atoms with Crippen molar-refractivity contribution in [3.05, 3.63) is 64.7 Å². The molecule has 0 fully saturated rings. The van der Waals surface area contributed by atoms with Crippen molar-refractivity contribution in [3.63, 3.8) is 0 Å². The van der Waals surface area contributed by atoms with E-state index in [1.54, 1.807) is 18.7 Å². The molecule has 1 aliphatic rings. The molecule has 5 heteroatoms. The lowest BCUT2D eigenvalue weighted by Crippen LogP contribution is -2.40. The Labute approximate surface area is 173 Å². The van der Waals surface area contributed by atoms with Gasteiger partial charge in [-0.3, -0.25) is 0 Å². The summed E-state index contributed by atoms with van der Waals surface area (Å²) in [6.07, 6.45) is 0.379. The minimum atomic E-state index is -0.970. The second-order valence-corrected chi connectivity index (χ2v) is 9.10. The SMILES string of the molecule is CC(C)(C)OC(=O)N1CCc2cc(C(C)(C)O)cc(OCc3ccccc3)c2C1. The summed E-state index contributed by atoms with van der Waals surface area (Å²) in [5, 5.41) is 10.5. The van der Waals surface area contributed by atoms with E-state index in [0.717, 1.165) is 22.3 Å². The molecular weight excluding hydrogens is 366 g/mol. The fourth-order valence-electron chi connectivity index (χ4n) is 3.33. The van der Waals surface area contributed by atoms with Crippen molar-refractivity contribution >= 4 is 6.09 Å². The van der Waals surface area contributed by atoms with Gasteiger partial charge in [0.25, 0.3) is 0 Å². The molecule has 3 rings (SSSR count). The van der Waals surface area contributed by atoms with Gasteiger partial charge in [0.15, 0.2) is 0 Å². The Morgan fingerprint density at radius 1 is 1.10 bits per heavy atom. The van der Waals surface area contributed by atoms with Gasteiger partial charge in [0, 0.05) is 12.1 Å². The van der Waals surface area contributed by atoms with Crippen LogP contribution in [-0.2, 0) is 29.9 Å². The number of ether oxygens (including phenoxy) is 2. The summed E-state index contributed by atoms with van der Waals surface area (Å²) in [6.45, 7) is 10.6. The number of rotatable bonds is 4. The summed E-state index contributed by atoms with van der Waals surface area (Å²) in [6, 6.07) is 13.9. The molecule has 0 aromatic heterocycles. The molecule has 2 aromatic carbocycles. The Hall–Kier alpha value is -2.53. The lowest BCUT2D eigenvalue weighted by molar-refractivity contribution is 0.0221. The quantitative estimate of drug-likeness (QED) is 0.806. The number of carbonyl (C=O) groups is 1. The van der Waals surface area contributed by atoms with Crippen molar-refractivity contribution in [2.24, 2.45) is 0 Å². The average molecular weight is 398 g/mol. The van der Waals surface area contributed by atoms with Crippen molar-refractivity contribution < 1.29 is 19.4 Å². The Kier molecular flexibility index (Phi) is 5.90. The van der Waals surface area contributed by atoms with E-state index in [2.05, 4.69) is 0 Å². The minimum absolute atomic E-state index is 0.316. The fraction of sp³-hybridized carbons (Fsp3) is 0.458. The molecule has 0 atom stereocenters. The lowest BCUT2D eigenvalue weighted by atomic mass is 9.90. The molecule has 29 heavy (non-hydrogen) atoms. The van der Waals surface area contributed by atoms with Crippen molar-refractivity contribution in [3.8, 4) is 5.75 Å². The third-order valence-electron chi connectivity index (χ3n) is 4.90. The van der Waals surface area contributed by atoms with E-state index >= 15 is 0 Å². The molecule has 1 aliphatic heterocycles. The van der Waals surface area contributed by atoms with Crippen LogP contribution in [0.25, 0.3) is 0 Å². The predicted molar refractivity (Wildman–Crippen MR) is 113 cm³/mol. The number of hydrogen-bond donors (Lipinski definition) is 1. The first-order valence-electron chi connectivity index (χ1n) is 10.1. The lowest BCUT2D eigenvalue weighted by Gasteiger charge is -2.33. The third kappa shape index (κ3) is 5.51. The summed E-state index contributed by atoms with van der Waals surface area (Å²) < 4.78 is 11.7. The predicted octanol–water partition coefficient (Wildman–Crippen LogP) is 4.79. The minimum Gasteiger partial charge on any atom is -0.489 e. The molecule has 0 radical (unpaired) electrons. The Morgan fingerprint density at radius 3 is 2.41 bits per heavy atom. The van der Waals surface area contributed by atoms with Crippen LogP contribution in [0, 0.1) is 0 Å². The highest BCUT2D eigenvalue weighted by molar-refractivity contribution is 5.69. The summed E-state index contributed by atoms with van der Waals surface area (Å²) in [7, 11) is 0. The first kappa shape index (κ1) is 21.2. The van der Waals surface area contributed by atoms with Gasteiger partial charge in [0.2, 0.25) is 0 Å². The zero-order valence-corrected chi connectivity index (χ0v) is 18.0. The molecule has 0 saturated carbocycles. The molecule has 1 N–H and O–H groups in total. The molecular formula is C24H31NO4. The van der Waals surface area contributed by atoms with Gasteiger partial charge in [-0.25, -0.2) is 4.79 Å². The van der Waals surface area contributed by atoms with E-state index in [0.29, 0.717) is 31.9 Å². The number of carbonyl (C=O) groups excluding carboxylic acids is 1. The second-order valence-electron chi connectivity index (χ2n) is 9.10. The summed E-state index contributed by atoms with van der Waals surface area (Å²) in [5.74, 6) is 0.705. The molecule has 0 saturated heterocycles. The second kappa shape index (κ2) is 8.07. The van der Waals surface area contributed by atoms with Crippen LogP contribution in [0.15, 0.2) is 42.5 Å². The molecule has 0 aliphatic carbocycles. The Balaban J connectivity index is 1.89. The molecule has 0 spiro atoms. The van der Waals surface area contributed by atoms with E-state index in [1.165, 1.54) is 0 Å². The smallest absolute Gasteiger partial charge is 0.410 e. The Bertz CT molecular complexity index is 863. The van der Waals surface area contributed by atoms with E-state index < -0.39 is 11.2 Å². The van der Waals surface area contributed by atoms with Gasteiger partial charge in [-0.05, 0) is 63.8 Å². The number of hydrogen-bond acceptors (Lipinski definition) is 4. The topological polar surface area (TPSA) is 59.0 Å². The molecule has 5 nitrogen and oxygen atoms in total. The number of nitrogens with zero attached hydrogens (tertiary/aromatic N) is 1. The highest BCUT2D eigenvalue weighted by Gasteiger charge is 2.29. The van der Waals surface area contributed by atoms with Crippen LogP contribution < -0.4 is 4.74 Å². The number of benzene rings is 2. The van der Waals surface area contributed by atoms with Gasteiger partial charge in [0.1, 0.15) is 18.0 Å². The van der Waals surface area contributed by atoms with Crippen LogP contribution in [0.2, 0.25) is 0 Å². The van der Waals surface area contributed by atoms with Crippen molar-refractivity contribution in [2.75, 3.05) is 6.54 Å². The maximum absolute atomic E-state index is 12.6. The average Bonchev–Trinajstić information content (AvgIpc) is 2.64. The molecule has 156 valence electrons. The van der Waals surface area contributed by atoms with Gasteiger partial charge in [0.05, 0.1) is 12.1 Å². The van der Waals surface area contributed by atoms with E-state index in [1.807, 2.05) is 63.2 Å². The first-order valence-corrected chi connectivity index (χ1v) is 10.1. The van der Waals surface area contributed by atoms with E-state index in [9.17, 15) is 9.90 Å². The summed E-state index contributed by atoms with van der Waals surface area (Å²) >= 11 is 0. The molecule has 1 amide bonds. The zero-order valence-electron chi connectivity index (χ0n) is 18.0. The van der Waals surface area contributed by atoms with E-state index in [-0.39, 0.29) is 6.09 Å². The van der Waals surface area contributed by atoms with Crippen LogP contribution in [0.4, 0.5) is 4.79 Å². The van der Waals surface area contributed by atoms with Crippen LogP contribution in [-0.4, -0.2) is 28.2 Å². The fourth-order valence-corrected chi connectivity index (χ4v) is 3.33. The molecule has 0 bridgehead atoms. The van der Waals surface area contributed by atoms with Gasteiger partial charge in [-0.1, -0.05) is 36.4 Å². The summed E-state index contributed by atoms with van der Waals surface area (Å²) in [4.78, 5) is 14.3. The van der Waals surface area contributed by atoms with Crippen LogP contribution >= 0.6 is 0 Å². The van der Waals surface area contributed by atoms with Crippen LogP contribution in [0.5, 0.6) is 5.75 Å². The maximum atomic E-state index is 12.6. The maximum Gasteiger partial charge on any atom is 0.410 e. The first-order chi connectivity index (χ1) is 13.5.